The van der Waals surface area contributed by atoms with Crippen molar-refractivity contribution in [3.05, 3.63) is 59.7 Å². The zero-order valence-corrected chi connectivity index (χ0v) is 16.5. The summed E-state index contributed by atoms with van der Waals surface area (Å²) < 4.78 is 10.3. The first-order valence-electron chi connectivity index (χ1n) is 9.38. The number of hydrogen-bond acceptors (Lipinski definition) is 5. The van der Waals surface area contributed by atoms with E-state index in [0.29, 0.717) is 17.9 Å². The number of anilines is 1. The zero-order chi connectivity index (χ0) is 21.0. The Morgan fingerprint density at radius 3 is 2.34 bits per heavy atom. The maximum absolute atomic E-state index is 12.9. The van der Waals surface area contributed by atoms with Crippen LogP contribution in [0, 0.1) is 12.8 Å². The van der Waals surface area contributed by atoms with E-state index in [1.54, 1.807) is 24.1 Å². The number of carbonyl (C=O) groups excluding carboxylic acids is 3. The lowest BCUT2D eigenvalue weighted by molar-refractivity contribution is -0.154. The molecule has 29 heavy (non-hydrogen) atoms. The predicted molar refractivity (Wildman–Crippen MR) is 107 cm³/mol. The second kappa shape index (κ2) is 8.77. The summed E-state index contributed by atoms with van der Waals surface area (Å²) in [7, 11) is 1.57. The largest absolute Gasteiger partial charge is 0.497 e. The van der Waals surface area contributed by atoms with Gasteiger partial charge in [-0.2, -0.15) is 0 Å². The van der Waals surface area contributed by atoms with Gasteiger partial charge in [0.1, 0.15) is 5.75 Å². The first-order chi connectivity index (χ1) is 13.9. The van der Waals surface area contributed by atoms with E-state index in [-0.39, 0.29) is 12.3 Å². The van der Waals surface area contributed by atoms with Crippen LogP contribution in [0.25, 0.3) is 0 Å². The molecule has 3 rings (SSSR count). The molecule has 0 aromatic heterocycles. The number of piperidine rings is 1. The molecule has 1 aliphatic rings. The molecule has 2 aromatic rings. The van der Waals surface area contributed by atoms with Gasteiger partial charge in [0, 0.05) is 12.1 Å². The van der Waals surface area contributed by atoms with Crippen molar-refractivity contribution < 1.29 is 23.9 Å². The van der Waals surface area contributed by atoms with Crippen LogP contribution in [0.3, 0.4) is 0 Å². The van der Waals surface area contributed by atoms with Crippen molar-refractivity contribution in [1.82, 2.24) is 0 Å². The van der Waals surface area contributed by atoms with Gasteiger partial charge in [-0.1, -0.05) is 29.8 Å². The molecule has 1 aliphatic heterocycles. The Labute approximate surface area is 169 Å². The normalized spacial score (nSPS) is 19.0. The minimum Gasteiger partial charge on any atom is -0.497 e. The summed E-state index contributed by atoms with van der Waals surface area (Å²) in [5.74, 6) is -1.29. The number of aryl methyl sites for hydroxylation is 1. The third kappa shape index (κ3) is 4.56. The summed E-state index contributed by atoms with van der Waals surface area (Å²) in [6.07, 6.45) is 0.534. The van der Waals surface area contributed by atoms with Gasteiger partial charge in [-0.25, -0.2) is 0 Å². The van der Waals surface area contributed by atoms with Crippen LogP contribution in [0.4, 0.5) is 5.69 Å². The lowest BCUT2D eigenvalue weighted by Gasteiger charge is -2.40. The molecule has 2 aromatic carbocycles. The number of rotatable bonds is 6. The molecule has 0 aliphatic carbocycles. The standard InChI is InChI=1S/C22H24N2O5/c1-14-3-7-16(8-4-14)24-20(26)12-11-18(22(27)29-13-19(23)25)21(24)15-5-9-17(28-2)10-6-15/h3-10,18,21H,11-13H2,1-2H3,(H2,23,25)/t18-,21+/m0/s1. The average Bonchev–Trinajstić information content (AvgIpc) is 2.72. The topological polar surface area (TPSA) is 98.9 Å². The molecular weight excluding hydrogens is 372 g/mol. The number of benzene rings is 2. The number of nitrogens with two attached hydrogens (primary N) is 1. The highest BCUT2D eigenvalue weighted by Crippen LogP contribution is 2.41. The first-order valence-corrected chi connectivity index (χ1v) is 9.38. The minimum atomic E-state index is -0.721. The van der Waals surface area contributed by atoms with Gasteiger partial charge in [0.15, 0.2) is 6.61 Å². The highest BCUT2D eigenvalue weighted by Gasteiger charge is 2.42. The summed E-state index contributed by atoms with van der Waals surface area (Å²) >= 11 is 0. The van der Waals surface area contributed by atoms with Crippen molar-refractivity contribution in [3.8, 4) is 5.75 Å². The second-order valence-electron chi connectivity index (χ2n) is 7.04. The van der Waals surface area contributed by atoms with E-state index in [9.17, 15) is 14.4 Å². The molecule has 152 valence electrons. The Bertz CT molecular complexity index is 892. The van der Waals surface area contributed by atoms with E-state index in [1.807, 2.05) is 43.3 Å². The van der Waals surface area contributed by atoms with Gasteiger partial charge in [0.25, 0.3) is 5.91 Å². The van der Waals surface area contributed by atoms with Gasteiger partial charge in [-0.15, -0.1) is 0 Å². The Hall–Kier alpha value is -3.35. The molecule has 0 bridgehead atoms. The smallest absolute Gasteiger partial charge is 0.311 e. The summed E-state index contributed by atoms with van der Waals surface area (Å²) in [6.45, 7) is 1.48. The van der Waals surface area contributed by atoms with Gasteiger partial charge >= 0.3 is 5.97 Å². The van der Waals surface area contributed by atoms with Crippen LogP contribution in [0.5, 0.6) is 5.75 Å². The Morgan fingerprint density at radius 1 is 1.10 bits per heavy atom. The number of nitrogens with zero attached hydrogens (tertiary/aromatic N) is 1. The van der Waals surface area contributed by atoms with Crippen molar-refractivity contribution in [2.45, 2.75) is 25.8 Å². The van der Waals surface area contributed by atoms with Crippen molar-refractivity contribution >= 4 is 23.5 Å². The molecule has 0 radical (unpaired) electrons. The molecule has 7 heteroatoms. The van der Waals surface area contributed by atoms with Gasteiger partial charge < -0.3 is 20.1 Å². The van der Waals surface area contributed by atoms with Crippen LogP contribution < -0.4 is 15.4 Å². The van der Waals surface area contributed by atoms with E-state index in [4.69, 9.17) is 15.2 Å². The molecule has 1 saturated heterocycles. The number of ether oxygens (including phenoxy) is 2. The van der Waals surface area contributed by atoms with Crippen LogP contribution in [-0.2, 0) is 19.1 Å². The van der Waals surface area contributed by atoms with E-state index in [0.717, 1.165) is 11.1 Å². The highest BCUT2D eigenvalue weighted by molar-refractivity contribution is 5.97. The number of carbonyl (C=O) groups is 3. The van der Waals surface area contributed by atoms with E-state index in [2.05, 4.69) is 0 Å². The molecule has 2 atom stereocenters. The highest BCUT2D eigenvalue weighted by atomic mass is 16.5. The molecule has 2 N–H and O–H groups in total. The third-order valence-electron chi connectivity index (χ3n) is 5.03. The molecule has 7 nitrogen and oxygen atoms in total. The van der Waals surface area contributed by atoms with Crippen LogP contribution in [-0.4, -0.2) is 31.5 Å². The summed E-state index contributed by atoms with van der Waals surface area (Å²) in [5.41, 5.74) is 7.66. The second-order valence-corrected chi connectivity index (χ2v) is 7.04. The van der Waals surface area contributed by atoms with Crippen molar-refractivity contribution in [1.29, 1.82) is 0 Å². The van der Waals surface area contributed by atoms with Crippen molar-refractivity contribution in [2.75, 3.05) is 18.6 Å². The van der Waals surface area contributed by atoms with E-state index >= 15 is 0 Å². The maximum atomic E-state index is 12.9. The fourth-order valence-corrected chi connectivity index (χ4v) is 3.58. The SMILES string of the molecule is COc1ccc([C@@H]2[C@@H](C(=O)OCC(N)=O)CCC(=O)N2c2ccc(C)cc2)cc1. The van der Waals surface area contributed by atoms with E-state index in [1.165, 1.54) is 0 Å². The molecule has 2 amide bonds. The maximum Gasteiger partial charge on any atom is 0.311 e. The molecule has 0 unspecified atom stereocenters. The van der Waals surface area contributed by atoms with Crippen LogP contribution >= 0.6 is 0 Å². The fourth-order valence-electron chi connectivity index (χ4n) is 3.58. The van der Waals surface area contributed by atoms with Crippen LogP contribution in [0.2, 0.25) is 0 Å². The Balaban J connectivity index is 2.02. The molecule has 1 fully saturated rings. The van der Waals surface area contributed by atoms with E-state index < -0.39 is 30.4 Å². The summed E-state index contributed by atoms with van der Waals surface area (Å²) in [6, 6.07) is 14.2. The Kier molecular flexibility index (Phi) is 6.16. The zero-order valence-electron chi connectivity index (χ0n) is 16.5. The predicted octanol–water partition coefficient (Wildman–Crippen LogP) is 2.52. The van der Waals surface area contributed by atoms with Crippen LogP contribution in [0.15, 0.2) is 48.5 Å². The molecule has 0 spiro atoms. The Morgan fingerprint density at radius 2 is 1.76 bits per heavy atom. The number of amides is 2. The monoisotopic (exact) mass is 396 g/mol. The van der Waals surface area contributed by atoms with Crippen molar-refractivity contribution in [2.24, 2.45) is 11.7 Å². The lowest BCUT2D eigenvalue weighted by Crippen LogP contribution is -2.46. The first kappa shape index (κ1) is 20.4. The average molecular weight is 396 g/mol. The number of methoxy groups -OCH3 is 1. The van der Waals surface area contributed by atoms with Gasteiger partial charge in [0.05, 0.1) is 19.1 Å². The van der Waals surface area contributed by atoms with Crippen molar-refractivity contribution in [3.63, 3.8) is 0 Å². The van der Waals surface area contributed by atoms with Gasteiger partial charge in [-0.05, 0) is 43.2 Å². The van der Waals surface area contributed by atoms with Gasteiger partial charge in [-0.3, -0.25) is 14.4 Å². The molecular formula is C22H24N2O5. The minimum absolute atomic E-state index is 0.0753. The van der Waals surface area contributed by atoms with Gasteiger partial charge in [0.2, 0.25) is 5.91 Å². The summed E-state index contributed by atoms with van der Waals surface area (Å²) in [5, 5.41) is 0. The molecule has 0 saturated carbocycles. The van der Waals surface area contributed by atoms with Crippen LogP contribution in [0.1, 0.15) is 30.0 Å². The quantitative estimate of drug-likeness (QED) is 0.757. The number of hydrogen-bond donors (Lipinski definition) is 1. The third-order valence-corrected chi connectivity index (χ3v) is 5.03. The lowest BCUT2D eigenvalue weighted by atomic mass is 9.83. The number of primary amides is 1. The molecule has 1 heterocycles. The number of esters is 1. The summed E-state index contributed by atoms with van der Waals surface area (Å²) in [4.78, 5) is 38.3. The fraction of sp³-hybridized carbons (Fsp3) is 0.318.